The van der Waals surface area contributed by atoms with Gasteiger partial charge in [0.1, 0.15) is 6.54 Å². The van der Waals surface area contributed by atoms with Gasteiger partial charge in [-0.25, -0.2) is 4.99 Å². The van der Waals surface area contributed by atoms with E-state index in [0.29, 0.717) is 18.9 Å². The molecule has 2 amide bonds. The second kappa shape index (κ2) is 9.80. The molecule has 7 nitrogen and oxygen atoms in total. The highest BCUT2D eigenvalue weighted by Crippen LogP contribution is 2.02. The van der Waals surface area contributed by atoms with Crippen LogP contribution in [0.15, 0.2) is 4.99 Å². The van der Waals surface area contributed by atoms with Crippen molar-refractivity contribution < 1.29 is 9.59 Å². The number of likely N-dealkylation sites (N-methyl/N-ethyl adjacent to an activating group) is 1. The third-order valence-electron chi connectivity index (χ3n) is 2.90. The van der Waals surface area contributed by atoms with Gasteiger partial charge in [-0.3, -0.25) is 9.59 Å². The number of hydrogen-bond acceptors (Lipinski definition) is 3. The summed E-state index contributed by atoms with van der Waals surface area (Å²) >= 11 is 0. The lowest BCUT2D eigenvalue weighted by Crippen LogP contribution is -2.52. The molecule has 0 aromatic rings. The van der Waals surface area contributed by atoms with Gasteiger partial charge in [-0.1, -0.05) is 0 Å². The van der Waals surface area contributed by atoms with Crippen LogP contribution in [0.5, 0.6) is 0 Å². The van der Waals surface area contributed by atoms with Crippen molar-refractivity contribution in [2.24, 2.45) is 4.99 Å². The van der Waals surface area contributed by atoms with Gasteiger partial charge < -0.3 is 20.9 Å². The Kier molecular flexibility index (Phi) is 9.31. The Labute approximate surface area is 143 Å². The number of amides is 2. The van der Waals surface area contributed by atoms with Crippen molar-refractivity contribution in [3.05, 3.63) is 0 Å². The average Bonchev–Trinajstić information content (AvgIpc) is 2.37. The van der Waals surface area contributed by atoms with Gasteiger partial charge in [-0.05, 0) is 20.3 Å². The van der Waals surface area contributed by atoms with Crippen molar-refractivity contribution in [3.8, 4) is 0 Å². The molecule has 122 valence electrons. The van der Waals surface area contributed by atoms with E-state index in [-0.39, 0.29) is 54.4 Å². The molecule has 1 aliphatic heterocycles. The minimum absolute atomic E-state index is 0. The zero-order valence-electron chi connectivity index (χ0n) is 13.1. The molecule has 0 bridgehead atoms. The lowest BCUT2D eigenvalue weighted by atomic mass is 10.1. The highest BCUT2D eigenvalue weighted by atomic mass is 127. The number of halogens is 1. The molecular formula is C13H26IN5O2. The van der Waals surface area contributed by atoms with Crippen molar-refractivity contribution in [2.45, 2.75) is 38.8 Å². The Bertz CT molecular complexity index is 375. The van der Waals surface area contributed by atoms with Gasteiger partial charge in [0, 0.05) is 39.1 Å². The first-order chi connectivity index (χ1) is 9.38. The number of carbonyl (C=O) groups excluding carboxylic acids is 2. The van der Waals surface area contributed by atoms with E-state index in [9.17, 15) is 9.59 Å². The number of hydrogen-bond donors (Lipinski definition) is 3. The highest BCUT2D eigenvalue weighted by molar-refractivity contribution is 14.0. The summed E-state index contributed by atoms with van der Waals surface area (Å²) in [6.07, 6.45) is 1.29. The van der Waals surface area contributed by atoms with Crippen LogP contribution in [0.3, 0.4) is 0 Å². The smallest absolute Gasteiger partial charge is 0.243 e. The van der Waals surface area contributed by atoms with Crippen LogP contribution in [0.2, 0.25) is 0 Å². The van der Waals surface area contributed by atoms with Crippen LogP contribution < -0.4 is 16.0 Å². The zero-order valence-corrected chi connectivity index (χ0v) is 15.4. The summed E-state index contributed by atoms with van der Waals surface area (Å²) in [5.41, 5.74) is 0. The summed E-state index contributed by atoms with van der Waals surface area (Å²) in [6, 6.07) is 0.362. The molecule has 1 rings (SSSR count). The fourth-order valence-corrected chi connectivity index (χ4v) is 1.74. The third-order valence-corrected chi connectivity index (χ3v) is 2.90. The Balaban J connectivity index is 0.00000400. The summed E-state index contributed by atoms with van der Waals surface area (Å²) in [5.74, 6) is 0.643. The van der Waals surface area contributed by atoms with Crippen LogP contribution in [0.25, 0.3) is 0 Å². The van der Waals surface area contributed by atoms with E-state index < -0.39 is 0 Å². The summed E-state index contributed by atoms with van der Waals surface area (Å²) in [5, 5.41) is 9.26. The lowest BCUT2D eigenvalue weighted by Gasteiger charge is -2.26. The normalized spacial score (nSPS) is 18.6. The maximum Gasteiger partial charge on any atom is 0.243 e. The quantitative estimate of drug-likeness (QED) is 0.343. The second-order valence-corrected chi connectivity index (χ2v) is 5.44. The fraction of sp³-hybridized carbons (Fsp3) is 0.769. The predicted molar refractivity (Wildman–Crippen MR) is 93.9 cm³/mol. The van der Waals surface area contributed by atoms with E-state index in [1.54, 1.807) is 14.1 Å². The average molecular weight is 411 g/mol. The van der Waals surface area contributed by atoms with Gasteiger partial charge in [-0.15, -0.1) is 24.0 Å². The fourth-order valence-electron chi connectivity index (χ4n) is 1.74. The van der Waals surface area contributed by atoms with Gasteiger partial charge in [0.25, 0.3) is 0 Å². The van der Waals surface area contributed by atoms with Gasteiger partial charge >= 0.3 is 0 Å². The molecule has 0 aromatic carbocycles. The number of carbonyl (C=O) groups is 2. The van der Waals surface area contributed by atoms with Crippen LogP contribution in [-0.4, -0.2) is 61.9 Å². The Morgan fingerprint density at radius 2 is 2.14 bits per heavy atom. The molecule has 8 heteroatoms. The number of nitrogens with one attached hydrogen (secondary N) is 3. The van der Waals surface area contributed by atoms with Crippen molar-refractivity contribution in [3.63, 3.8) is 0 Å². The molecule has 1 fully saturated rings. The minimum atomic E-state index is -0.0493. The van der Waals surface area contributed by atoms with Gasteiger partial charge in [0.15, 0.2) is 5.96 Å². The molecule has 1 aliphatic rings. The minimum Gasteiger partial charge on any atom is -0.354 e. The van der Waals surface area contributed by atoms with Crippen molar-refractivity contribution in [2.75, 3.05) is 27.2 Å². The van der Waals surface area contributed by atoms with E-state index in [0.717, 1.165) is 6.42 Å². The number of piperidine rings is 1. The molecule has 21 heavy (non-hydrogen) atoms. The van der Waals surface area contributed by atoms with Gasteiger partial charge in [-0.2, -0.15) is 0 Å². The maximum atomic E-state index is 11.6. The number of aliphatic imine (C=N–C) groups is 1. The van der Waals surface area contributed by atoms with Crippen LogP contribution in [-0.2, 0) is 9.59 Å². The molecule has 1 atom stereocenters. The monoisotopic (exact) mass is 411 g/mol. The van der Waals surface area contributed by atoms with Crippen LogP contribution in [0.4, 0.5) is 0 Å². The number of rotatable bonds is 4. The molecule has 1 unspecified atom stereocenters. The van der Waals surface area contributed by atoms with Gasteiger partial charge in [0.05, 0.1) is 0 Å². The standard InChI is InChI=1S/C13H25N5O2.HI/c1-9(2)16-13(15-8-12(20)18(3)4)17-10-5-6-11(19)14-7-10;/h9-10H,5-8H2,1-4H3,(H,14,19)(H2,15,16,17);1H. The molecule has 0 spiro atoms. The second-order valence-electron chi connectivity index (χ2n) is 5.44. The molecule has 1 heterocycles. The number of nitrogens with zero attached hydrogens (tertiary/aromatic N) is 2. The third kappa shape index (κ3) is 8.08. The Morgan fingerprint density at radius 3 is 2.62 bits per heavy atom. The molecule has 0 saturated carbocycles. The first kappa shape index (κ1) is 19.9. The first-order valence-corrected chi connectivity index (χ1v) is 6.93. The highest BCUT2D eigenvalue weighted by Gasteiger charge is 2.19. The Morgan fingerprint density at radius 1 is 1.48 bits per heavy atom. The van der Waals surface area contributed by atoms with E-state index in [2.05, 4.69) is 20.9 Å². The zero-order chi connectivity index (χ0) is 15.1. The van der Waals surface area contributed by atoms with Crippen LogP contribution in [0.1, 0.15) is 26.7 Å². The molecule has 0 radical (unpaired) electrons. The molecule has 3 N–H and O–H groups in total. The van der Waals surface area contributed by atoms with E-state index in [1.165, 1.54) is 4.90 Å². The van der Waals surface area contributed by atoms with E-state index in [1.807, 2.05) is 13.8 Å². The van der Waals surface area contributed by atoms with Crippen molar-refractivity contribution in [1.82, 2.24) is 20.9 Å². The predicted octanol–water partition coefficient (Wildman–Crippen LogP) is -0.0852. The summed E-state index contributed by atoms with van der Waals surface area (Å²) < 4.78 is 0. The Hall–Kier alpha value is -1.06. The summed E-state index contributed by atoms with van der Waals surface area (Å²) in [4.78, 5) is 28.5. The lowest BCUT2D eigenvalue weighted by molar-refractivity contribution is -0.127. The van der Waals surface area contributed by atoms with Crippen molar-refractivity contribution >= 4 is 41.8 Å². The topological polar surface area (TPSA) is 85.8 Å². The van der Waals surface area contributed by atoms with E-state index in [4.69, 9.17) is 0 Å². The largest absolute Gasteiger partial charge is 0.354 e. The molecule has 0 aromatic heterocycles. The van der Waals surface area contributed by atoms with Crippen LogP contribution in [0, 0.1) is 0 Å². The van der Waals surface area contributed by atoms with Gasteiger partial charge in [0.2, 0.25) is 11.8 Å². The number of guanidine groups is 1. The first-order valence-electron chi connectivity index (χ1n) is 6.93. The molecular weight excluding hydrogens is 385 g/mol. The van der Waals surface area contributed by atoms with E-state index >= 15 is 0 Å². The maximum absolute atomic E-state index is 11.6. The molecule has 0 aliphatic carbocycles. The summed E-state index contributed by atoms with van der Waals surface area (Å²) in [7, 11) is 3.41. The summed E-state index contributed by atoms with van der Waals surface area (Å²) in [6.45, 7) is 4.70. The molecule has 1 saturated heterocycles. The van der Waals surface area contributed by atoms with Crippen LogP contribution >= 0.6 is 24.0 Å². The SMILES string of the molecule is CC(C)NC(=NCC(=O)N(C)C)NC1CCC(=O)NC1.I. The van der Waals surface area contributed by atoms with Crippen molar-refractivity contribution in [1.29, 1.82) is 0 Å².